The van der Waals surface area contributed by atoms with Crippen LogP contribution in [0, 0.1) is 0 Å². The number of nitrogens with zero attached hydrogens (tertiary/aromatic N) is 2. The Kier molecular flexibility index (Phi) is 10.5. The van der Waals surface area contributed by atoms with E-state index in [-0.39, 0.29) is 6.61 Å². The summed E-state index contributed by atoms with van der Waals surface area (Å²) in [6, 6.07) is 15.1. The largest absolute Gasteiger partial charge is 0.469 e. The molecule has 0 spiro atoms. The van der Waals surface area contributed by atoms with Crippen molar-refractivity contribution in [1.82, 2.24) is 15.5 Å². The second-order valence-corrected chi connectivity index (χ2v) is 8.30. The summed E-state index contributed by atoms with van der Waals surface area (Å²) in [6.07, 6.45) is 8.95. The Balaban J connectivity index is 1.42. The predicted molar refractivity (Wildman–Crippen MR) is 126 cm³/mol. The molecule has 170 valence electrons. The van der Waals surface area contributed by atoms with Crippen molar-refractivity contribution in [2.75, 3.05) is 32.8 Å². The van der Waals surface area contributed by atoms with E-state index in [2.05, 4.69) is 45.9 Å². The van der Waals surface area contributed by atoms with Gasteiger partial charge in [-0.05, 0) is 43.4 Å². The van der Waals surface area contributed by atoms with E-state index >= 15 is 0 Å². The molecule has 1 aromatic heterocycles. The number of piperidine rings is 1. The van der Waals surface area contributed by atoms with Gasteiger partial charge in [0.1, 0.15) is 5.76 Å². The Morgan fingerprint density at radius 1 is 1.03 bits per heavy atom. The fraction of sp³-hybridized carbons (Fsp3) is 0.560. The monoisotopic (exact) mass is 426 g/mol. The fourth-order valence-electron chi connectivity index (χ4n) is 3.95. The van der Waals surface area contributed by atoms with Crippen molar-refractivity contribution in [3.05, 3.63) is 60.1 Å². The SMILES string of the molecule is OCCCCCCN=C(NCCc1ccco1)NC1CCN(Cc2ccccc2)CC1. The number of unbranched alkanes of at least 4 members (excludes halogenated alkanes) is 3. The van der Waals surface area contributed by atoms with Gasteiger partial charge in [-0.15, -0.1) is 0 Å². The molecule has 31 heavy (non-hydrogen) atoms. The van der Waals surface area contributed by atoms with Crippen LogP contribution in [-0.4, -0.2) is 54.8 Å². The van der Waals surface area contributed by atoms with Crippen LogP contribution < -0.4 is 10.6 Å². The van der Waals surface area contributed by atoms with Crippen LogP contribution in [0.2, 0.25) is 0 Å². The van der Waals surface area contributed by atoms with Crippen molar-refractivity contribution in [3.8, 4) is 0 Å². The average Bonchev–Trinajstić information content (AvgIpc) is 3.31. The van der Waals surface area contributed by atoms with Gasteiger partial charge in [-0.25, -0.2) is 0 Å². The van der Waals surface area contributed by atoms with Gasteiger partial charge in [0.05, 0.1) is 6.26 Å². The summed E-state index contributed by atoms with van der Waals surface area (Å²) in [5, 5.41) is 16.1. The third kappa shape index (κ3) is 9.15. The van der Waals surface area contributed by atoms with E-state index in [1.54, 1.807) is 6.26 Å². The van der Waals surface area contributed by atoms with Crippen LogP contribution >= 0.6 is 0 Å². The van der Waals surface area contributed by atoms with Crippen LogP contribution in [0.3, 0.4) is 0 Å². The fourth-order valence-corrected chi connectivity index (χ4v) is 3.95. The molecule has 1 aromatic carbocycles. The molecule has 0 atom stereocenters. The number of guanidine groups is 1. The molecular formula is C25H38N4O2. The van der Waals surface area contributed by atoms with E-state index in [9.17, 15) is 0 Å². The smallest absolute Gasteiger partial charge is 0.191 e. The highest BCUT2D eigenvalue weighted by molar-refractivity contribution is 5.80. The molecule has 0 saturated carbocycles. The molecule has 0 amide bonds. The van der Waals surface area contributed by atoms with Crippen LogP contribution in [-0.2, 0) is 13.0 Å². The first-order valence-electron chi connectivity index (χ1n) is 11.8. The molecule has 0 unspecified atom stereocenters. The Bertz CT molecular complexity index is 725. The van der Waals surface area contributed by atoms with Crippen LogP contribution in [0.1, 0.15) is 49.8 Å². The molecule has 3 N–H and O–H groups in total. The molecule has 1 aliphatic rings. The Morgan fingerprint density at radius 3 is 2.58 bits per heavy atom. The maximum atomic E-state index is 8.91. The van der Waals surface area contributed by atoms with E-state index < -0.39 is 0 Å². The standard InChI is InChI=1S/C25H38N4O2/c30-19-7-2-1-6-15-26-25(27-16-12-24-11-8-20-31-24)28-23-13-17-29(18-14-23)21-22-9-4-3-5-10-22/h3-5,8-11,20,23,30H,1-2,6-7,12-19,21H2,(H2,26,27,28). The van der Waals surface area contributed by atoms with Gasteiger partial charge in [0.2, 0.25) is 0 Å². The summed E-state index contributed by atoms with van der Waals surface area (Å²) in [6.45, 7) is 5.14. The number of aliphatic hydroxyl groups excluding tert-OH is 1. The Labute approximate surface area is 186 Å². The van der Waals surface area contributed by atoms with Crippen molar-refractivity contribution < 1.29 is 9.52 Å². The highest BCUT2D eigenvalue weighted by atomic mass is 16.3. The number of nitrogens with one attached hydrogen (secondary N) is 2. The highest BCUT2D eigenvalue weighted by Crippen LogP contribution is 2.14. The number of aliphatic imine (C=N–C) groups is 1. The van der Waals surface area contributed by atoms with Crippen molar-refractivity contribution in [1.29, 1.82) is 0 Å². The van der Waals surface area contributed by atoms with Gasteiger partial charge in [-0.2, -0.15) is 0 Å². The Hall–Kier alpha value is -2.31. The molecule has 0 radical (unpaired) electrons. The van der Waals surface area contributed by atoms with Crippen molar-refractivity contribution in [2.45, 2.75) is 57.5 Å². The minimum atomic E-state index is 0.285. The first-order chi connectivity index (χ1) is 15.3. The lowest BCUT2D eigenvalue weighted by atomic mass is 10.0. The van der Waals surface area contributed by atoms with E-state index in [4.69, 9.17) is 14.5 Å². The molecule has 0 aliphatic carbocycles. The van der Waals surface area contributed by atoms with Crippen molar-refractivity contribution in [3.63, 3.8) is 0 Å². The molecule has 0 bridgehead atoms. The lowest BCUT2D eigenvalue weighted by Gasteiger charge is -2.33. The van der Waals surface area contributed by atoms with Crippen molar-refractivity contribution >= 4 is 5.96 Å². The van der Waals surface area contributed by atoms with Gasteiger partial charge in [-0.1, -0.05) is 43.2 Å². The number of hydrogen-bond donors (Lipinski definition) is 3. The summed E-state index contributed by atoms with van der Waals surface area (Å²) in [5.74, 6) is 1.90. The predicted octanol–water partition coefficient (Wildman–Crippen LogP) is 3.57. The van der Waals surface area contributed by atoms with Crippen LogP contribution in [0.4, 0.5) is 0 Å². The maximum Gasteiger partial charge on any atom is 0.191 e. The Morgan fingerprint density at radius 2 is 1.84 bits per heavy atom. The summed E-state index contributed by atoms with van der Waals surface area (Å²) < 4.78 is 5.44. The summed E-state index contributed by atoms with van der Waals surface area (Å²) in [5.41, 5.74) is 1.39. The maximum absolute atomic E-state index is 8.91. The minimum Gasteiger partial charge on any atom is -0.469 e. The molecule has 1 fully saturated rings. The minimum absolute atomic E-state index is 0.285. The number of aliphatic hydroxyl groups is 1. The number of furan rings is 1. The molecule has 6 heteroatoms. The highest BCUT2D eigenvalue weighted by Gasteiger charge is 2.20. The molecule has 6 nitrogen and oxygen atoms in total. The topological polar surface area (TPSA) is 73.0 Å². The van der Waals surface area contributed by atoms with E-state index in [1.807, 2.05) is 12.1 Å². The molecule has 1 saturated heterocycles. The first kappa shape index (κ1) is 23.4. The molecule has 2 heterocycles. The van der Waals surface area contributed by atoms with Crippen LogP contribution in [0.25, 0.3) is 0 Å². The van der Waals surface area contributed by atoms with Crippen LogP contribution in [0.15, 0.2) is 58.1 Å². The average molecular weight is 427 g/mol. The lowest BCUT2D eigenvalue weighted by Crippen LogP contribution is -2.49. The van der Waals surface area contributed by atoms with Gasteiger partial charge in [0.15, 0.2) is 5.96 Å². The normalized spacial score (nSPS) is 15.8. The first-order valence-corrected chi connectivity index (χ1v) is 11.8. The van der Waals surface area contributed by atoms with E-state index in [1.165, 1.54) is 5.56 Å². The summed E-state index contributed by atoms with van der Waals surface area (Å²) >= 11 is 0. The zero-order chi connectivity index (χ0) is 21.6. The van der Waals surface area contributed by atoms with Crippen molar-refractivity contribution in [2.24, 2.45) is 4.99 Å². The van der Waals surface area contributed by atoms with Gasteiger partial charge in [0.25, 0.3) is 0 Å². The van der Waals surface area contributed by atoms with Gasteiger partial charge in [-0.3, -0.25) is 9.89 Å². The summed E-state index contributed by atoms with van der Waals surface area (Å²) in [4.78, 5) is 7.35. The summed E-state index contributed by atoms with van der Waals surface area (Å²) in [7, 11) is 0. The van der Waals surface area contributed by atoms with Gasteiger partial charge in [0, 0.05) is 51.8 Å². The molecular weight excluding hydrogens is 388 g/mol. The third-order valence-corrected chi connectivity index (χ3v) is 5.76. The van der Waals surface area contributed by atoms with E-state index in [0.29, 0.717) is 6.04 Å². The zero-order valence-electron chi connectivity index (χ0n) is 18.6. The zero-order valence-corrected chi connectivity index (χ0v) is 18.6. The quantitative estimate of drug-likeness (QED) is 0.275. The van der Waals surface area contributed by atoms with Gasteiger partial charge < -0.3 is 20.2 Å². The number of likely N-dealkylation sites (tertiary alicyclic amines) is 1. The molecule has 1 aliphatic heterocycles. The number of rotatable bonds is 12. The number of benzene rings is 1. The third-order valence-electron chi connectivity index (χ3n) is 5.76. The lowest BCUT2D eigenvalue weighted by molar-refractivity contribution is 0.198. The molecule has 3 rings (SSSR count). The second kappa shape index (κ2) is 13.9. The molecule has 2 aromatic rings. The number of hydrogen-bond acceptors (Lipinski definition) is 4. The second-order valence-electron chi connectivity index (χ2n) is 8.30. The van der Waals surface area contributed by atoms with E-state index in [0.717, 1.165) is 89.4 Å². The van der Waals surface area contributed by atoms with Crippen LogP contribution in [0.5, 0.6) is 0 Å². The van der Waals surface area contributed by atoms with Gasteiger partial charge >= 0.3 is 0 Å².